The van der Waals surface area contributed by atoms with Gasteiger partial charge in [-0.2, -0.15) is 0 Å². The summed E-state index contributed by atoms with van der Waals surface area (Å²) in [5.74, 6) is 0. The first-order chi connectivity index (χ1) is 13.2. The molecule has 0 bridgehead atoms. The van der Waals surface area contributed by atoms with Gasteiger partial charge in [0.25, 0.3) is 5.56 Å². The van der Waals surface area contributed by atoms with Crippen molar-refractivity contribution in [2.75, 3.05) is 7.05 Å². The van der Waals surface area contributed by atoms with Gasteiger partial charge in [0.05, 0.1) is 16.6 Å². The van der Waals surface area contributed by atoms with Gasteiger partial charge in [0.15, 0.2) is 0 Å². The molecule has 3 aromatic rings. The van der Waals surface area contributed by atoms with Gasteiger partial charge in [-0.25, -0.2) is 4.98 Å². The Morgan fingerprint density at radius 2 is 2.00 bits per heavy atom. The predicted molar refractivity (Wildman–Crippen MR) is 112 cm³/mol. The van der Waals surface area contributed by atoms with E-state index in [1.54, 1.807) is 6.20 Å². The minimum absolute atomic E-state index is 0.0991. The summed E-state index contributed by atoms with van der Waals surface area (Å²) in [4.78, 5) is 19.9. The molecule has 0 aliphatic heterocycles. The van der Waals surface area contributed by atoms with Gasteiger partial charge in [0.2, 0.25) is 0 Å². The van der Waals surface area contributed by atoms with Gasteiger partial charge in [-0.3, -0.25) is 4.79 Å². The highest BCUT2D eigenvalue weighted by Gasteiger charge is 2.15. The fourth-order valence-electron chi connectivity index (χ4n) is 3.50. The minimum Gasteiger partial charge on any atom is -0.328 e. The van der Waals surface area contributed by atoms with Crippen molar-refractivity contribution in [2.24, 2.45) is 0 Å². The fourth-order valence-corrected chi connectivity index (χ4v) is 3.50. The van der Waals surface area contributed by atoms with E-state index in [0.29, 0.717) is 11.4 Å². The maximum absolute atomic E-state index is 12.3. The number of hydrogen-bond donors (Lipinski definition) is 2. The van der Waals surface area contributed by atoms with E-state index in [1.165, 1.54) is 11.1 Å². The summed E-state index contributed by atoms with van der Waals surface area (Å²) in [6.07, 6.45) is 9.99. The Morgan fingerprint density at radius 3 is 2.70 bits per heavy atom. The molecule has 4 heteroatoms. The van der Waals surface area contributed by atoms with Crippen LogP contribution in [-0.2, 0) is 0 Å². The van der Waals surface area contributed by atoms with Crippen LogP contribution in [0.4, 0.5) is 0 Å². The number of rotatable bonds is 4. The largest absolute Gasteiger partial charge is 0.328 e. The second-order valence-electron chi connectivity index (χ2n) is 6.92. The Bertz CT molecular complexity index is 1090. The number of pyridine rings is 2. The second kappa shape index (κ2) is 7.33. The Morgan fingerprint density at radius 1 is 1.19 bits per heavy atom. The van der Waals surface area contributed by atoms with E-state index in [0.717, 1.165) is 35.2 Å². The van der Waals surface area contributed by atoms with Gasteiger partial charge in [-0.1, -0.05) is 42.5 Å². The third kappa shape index (κ3) is 3.36. The van der Waals surface area contributed by atoms with Crippen molar-refractivity contribution in [3.63, 3.8) is 0 Å². The third-order valence-corrected chi connectivity index (χ3v) is 5.23. The lowest BCUT2D eigenvalue weighted by Gasteiger charge is -2.16. The first-order valence-electron chi connectivity index (χ1n) is 9.33. The maximum Gasteiger partial charge on any atom is 0.257 e. The highest BCUT2D eigenvalue weighted by Crippen LogP contribution is 2.33. The molecule has 1 aliphatic rings. The SMILES string of the molecule is CNC(C)c1ccc(-c2nc3cc[nH]c(=O)c3cc2C2=CC=CCC2)cc1. The van der Waals surface area contributed by atoms with Crippen LogP contribution >= 0.6 is 0 Å². The topological polar surface area (TPSA) is 57.8 Å². The number of aromatic nitrogens is 2. The van der Waals surface area contributed by atoms with Crippen LogP contribution in [-0.4, -0.2) is 17.0 Å². The average molecular weight is 357 g/mol. The lowest BCUT2D eigenvalue weighted by Crippen LogP contribution is -2.12. The van der Waals surface area contributed by atoms with Gasteiger partial charge in [-0.15, -0.1) is 0 Å². The Labute approximate surface area is 158 Å². The third-order valence-electron chi connectivity index (χ3n) is 5.23. The molecule has 1 aromatic carbocycles. The van der Waals surface area contributed by atoms with Gasteiger partial charge in [0, 0.05) is 23.4 Å². The summed E-state index contributed by atoms with van der Waals surface area (Å²) in [7, 11) is 1.96. The molecule has 1 aliphatic carbocycles. The molecule has 2 heterocycles. The predicted octanol–water partition coefficient (Wildman–Crippen LogP) is 4.60. The summed E-state index contributed by atoms with van der Waals surface area (Å²) < 4.78 is 0. The van der Waals surface area contributed by atoms with Crippen LogP contribution in [0.5, 0.6) is 0 Å². The summed E-state index contributed by atoms with van der Waals surface area (Å²) in [6.45, 7) is 2.14. The van der Waals surface area contributed by atoms with Crippen molar-refractivity contribution in [3.05, 3.63) is 82.3 Å². The van der Waals surface area contributed by atoms with Crippen LogP contribution in [0.2, 0.25) is 0 Å². The average Bonchev–Trinajstić information content (AvgIpc) is 2.73. The molecule has 4 nitrogen and oxygen atoms in total. The molecule has 1 atom stereocenters. The lowest BCUT2D eigenvalue weighted by atomic mass is 9.92. The van der Waals surface area contributed by atoms with E-state index in [9.17, 15) is 4.79 Å². The Balaban J connectivity index is 1.91. The summed E-state index contributed by atoms with van der Waals surface area (Å²) in [5, 5.41) is 3.89. The van der Waals surface area contributed by atoms with Gasteiger partial charge < -0.3 is 10.3 Å². The zero-order valence-corrected chi connectivity index (χ0v) is 15.6. The van der Waals surface area contributed by atoms with Crippen LogP contribution in [0.1, 0.15) is 36.9 Å². The van der Waals surface area contributed by atoms with Gasteiger partial charge in [0.1, 0.15) is 0 Å². The van der Waals surface area contributed by atoms with Crippen molar-refractivity contribution in [1.29, 1.82) is 0 Å². The normalized spacial score (nSPS) is 15.0. The summed E-state index contributed by atoms with van der Waals surface area (Å²) in [5.41, 5.74) is 6.11. The first kappa shape index (κ1) is 17.4. The van der Waals surface area contributed by atoms with Crippen LogP contribution in [0.25, 0.3) is 27.7 Å². The Kier molecular flexibility index (Phi) is 4.73. The molecule has 2 N–H and O–H groups in total. The molecule has 0 fully saturated rings. The molecular weight excluding hydrogens is 334 g/mol. The van der Waals surface area contributed by atoms with Crippen molar-refractivity contribution in [3.8, 4) is 11.3 Å². The lowest BCUT2D eigenvalue weighted by molar-refractivity contribution is 0.652. The molecular formula is C23H23N3O. The number of fused-ring (bicyclic) bond motifs is 1. The van der Waals surface area contributed by atoms with Crippen LogP contribution in [0, 0.1) is 0 Å². The van der Waals surface area contributed by atoms with Crippen LogP contribution in [0.3, 0.4) is 0 Å². The van der Waals surface area contributed by atoms with Gasteiger partial charge in [-0.05, 0) is 50.1 Å². The van der Waals surface area contributed by atoms with E-state index in [4.69, 9.17) is 4.98 Å². The highest BCUT2D eigenvalue weighted by molar-refractivity contribution is 5.89. The molecule has 1 unspecified atom stereocenters. The molecule has 0 radical (unpaired) electrons. The molecule has 2 aromatic heterocycles. The number of benzene rings is 1. The van der Waals surface area contributed by atoms with E-state index < -0.39 is 0 Å². The fraction of sp³-hybridized carbons (Fsp3) is 0.217. The number of hydrogen-bond acceptors (Lipinski definition) is 3. The zero-order chi connectivity index (χ0) is 18.8. The number of allylic oxidation sites excluding steroid dienone is 4. The summed E-state index contributed by atoms with van der Waals surface area (Å²) in [6, 6.07) is 12.7. The van der Waals surface area contributed by atoms with E-state index in [2.05, 4.69) is 59.7 Å². The zero-order valence-electron chi connectivity index (χ0n) is 15.6. The van der Waals surface area contributed by atoms with Crippen molar-refractivity contribution in [2.45, 2.75) is 25.8 Å². The molecule has 4 rings (SSSR count). The number of nitrogens with one attached hydrogen (secondary N) is 2. The molecule has 0 amide bonds. The highest BCUT2D eigenvalue weighted by atomic mass is 16.1. The molecule has 0 saturated heterocycles. The number of nitrogens with zero attached hydrogens (tertiary/aromatic N) is 1. The van der Waals surface area contributed by atoms with Crippen molar-refractivity contribution >= 4 is 16.5 Å². The quantitative estimate of drug-likeness (QED) is 0.717. The second-order valence-corrected chi connectivity index (χ2v) is 6.92. The first-order valence-corrected chi connectivity index (χ1v) is 9.33. The molecule has 27 heavy (non-hydrogen) atoms. The Hall–Kier alpha value is -2.98. The van der Waals surface area contributed by atoms with Gasteiger partial charge >= 0.3 is 0 Å². The summed E-state index contributed by atoms with van der Waals surface area (Å²) >= 11 is 0. The van der Waals surface area contributed by atoms with Crippen molar-refractivity contribution in [1.82, 2.24) is 15.3 Å². The van der Waals surface area contributed by atoms with E-state index in [-0.39, 0.29) is 5.56 Å². The molecule has 0 saturated carbocycles. The monoisotopic (exact) mass is 357 g/mol. The van der Waals surface area contributed by atoms with Crippen molar-refractivity contribution < 1.29 is 0 Å². The molecule has 0 spiro atoms. The number of aromatic amines is 1. The van der Waals surface area contributed by atoms with Crippen LogP contribution < -0.4 is 10.9 Å². The number of H-pyrrole nitrogens is 1. The maximum atomic E-state index is 12.3. The standard InChI is InChI=1S/C23H23N3O/c1-15(24-2)16-8-10-18(11-9-16)22-19(17-6-4-3-5-7-17)14-20-21(26-22)12-13-25-23(20)27/h3-4,6,8-15,24H,5,7H2,1-2H3,(H,25,27). The van der Waals surface area contributed by atoms with Crippen LogP contribution in [0.15, 0.2) is 65.6 Å². The smallest absolute Gasteiger partial charge is 0.257 e. The van der Waals surface area contributed by atoms with E-state index in [1.807, 2.05) is 19.2 Å². The van der Waals surface area contributed by atoms with E-state index >= 15 is 0 Å². The molecule has 136 valence electrons. The minimum atomic E-state index is -0.0991.